The van der Waals surface area contributed by atoms with Crippen molar-refractivity contribution in [1.29, 1.82) is 0 Å². The lowest BCUT2D eigenvalue weighted by Gasteiger charge is -2.16. The monoisotopic (exact) mass is 556 g/mol. The van der Waals surface area contributed by atoms with Gasteiger partial charge < -0.3 is 20.4 Å². The first-order chi connectivity index (χ1) is 18.5. The summed E-state index contributed by atoms with van der Waals surface area (Å²) < 4.78 is 17.8. The number of likely N-dealkylation sites (tertiary alicyclic amines) is 2. The number of aromatic nitrogens is 2. The summed E-state index contributed by atoms with van der Waals surface area (Å²) in [5, 5.41) is 6.61. The Kier molecular flexibility index (Phi) is 7.22. The molecule has 1 aromatic carbocycles. The molecule has 4 aromatic rings. The zero-order chi connectivity index (χ0) is 26.2. The minimum Gasteiger partial charge on any atom is -0.366 e. The standard InChI is InChI=1S/C27H30ClFN6O2S/c28-17-5-6-21-20(15-17)35-25-18(16-19(29)24(32-25)30-7-13-33-9-1-2-10-33)23(36)22(27(35)38-21)26(37)31-8-14-34-11-3-4-12-34/h5-6,15-16H,1-4,7-14H2,(H,30,32)(H,31,37). The van der Waals surface area contributed by atoms with Gasteiger partial charge in [-0.05, 0) is 76.1 Å². The summed E-state index contributed by atoms with van der Waals surface area (Å²) >= 11 is 7.66. The molecule has 0 atom stereocenters. The number of nitrogens with one attached hydrogen (secondary N) is 2. The number of nitrogens with zero attached hydrogens (tertiary/aromatic N) is 4. The van der Waals surface area contributed by atoms with Gasteiger partial charge in [0.2, 0.25) is 5.43 Å². The van der Waals surface area contributed by atoms with Crippen LogP contribution in [-0.4, -0.2) is 77.4 Å². The van der Waals surface area contributed by atoms with Gasteiger partial charge in [-0.15, -0.1) is 11.3 Å². The molecule has 6 rings (SSSR count). The normalized spacial score (nSPS) is 16.8. The molecule has 8 nitrogen and oxygen atoms in total. The first-order valence-electron chi connectivity index (χ1n) is 13.2. The second kappa shape index (κ2) is 10.8. The van der Waals surface area contributed by atoms with Crippen molar-refractivity contribution in [2.24, 2.45) is 0 Å². The second-order valence-corrected chi connectivity index (χ2v) is 11.5. The number of hydrogen-bond donors (Lipinski definition) is 2. The van der Waals surface area contributed by atoms with Gasteiger partial charge >= 0.3 is 0 Å². The highest BCUT2D eigenvalue weighted by atomic mass is 35.5. The Morgan fingerprint density at radius 2 is 1.71 bits per heavy atom. The van der Waals surface area contributed by atoms with Crippen LogP contribution in [0.1, 0.15) is 36.0 Å². The zero-order valence-electron chi connectivity index (χ0n) is 21.1. The average Bonchev–Trinajstić information content (AvgIpc) is 3.66. The van der Waals surface area contributed by atoms with Gasteiger partial charge in [-0.3, -0.25) is 14.0 Å². The Hall–Kier alpha value is -2.79. The molecule has 3 aromatic heterocycles. The molecule has 2 fully saturated rings. The molecule has 0 unspecified atom stereocenters. The molecule has 38 heavy (non-hydrogen) atoms. The number of anilines is 1. The Labute approximate surface area is 228 Å². The van der Waals surface area contributed by atoms with Crippen LogP contribution in [0.3, 0.4) is 0 Å². The molecule has 2 N–H and O–H groups in total. The molecular weight excluding hydrogens is 527 g/mol. The van der Waals surface area contributed by atoms with E-state index in [1.807, 2.05) is 6.07 Å². The summed E-state index contributed by atoms with van der Waals surface area (Å²) in [6.45, 7) is 6.65. The third-order valence-electron chi connectivity index (χ3n) is 7.48. The third kappa shape index (κ3) is 4.86. The second-order valence-electron chi connectivity index (χ2n) is 10.0. The van der Waals surface area contributed by atoms with Crippen LogP contribution in [0, 0.1) is 5.82 Å². The minimum atomic E-state index is -0.617. The van der Waals surface area contributed by atoms with E-state index in [2.05, 4.69) is 25.4 Å². The minimum absolute atomic E-state index is 0.00665. The lowest BCUT2D eigenvalue weighted by atomic mass is 10.1. The highest BCUT2D eigenvalue weighted by Crippen LogP contribution is 2.33. The fourth-order valence-electron chi connectivity index (χ4n) is 5.52. The van der Waals surface area contributed by atoms with E-state index in [0.717, 1.165) is 49.5 Å². The number of carbonyl (C=O) groups excluding carboxylic acids is 1. The summed E-state index contributed by atoms with van der Waals surface area (Å²) in [6.07, 6.45) is 4.70. The first-order valence-corrected chi connectivity index (χ1v) is 14.4. The molecule has 200 valence electrons. The van der Waals surface area contributed by atoms with Crippen molar-refractivity contribution >= 4 is 60.7 Å². The average molecular weight is 557 g/mol. The molecular formula is C27H30ClFN6O2S. The van der Waals surface area contributed by atoms with E-state index in [0.29, 0.717) is 28.6 Å². The third-order valence-corrected chi connectivity index (χ3v) is 8.86. The molecule has 1 amide bonds. The van der Waals surface area contributed by atoms with Gasteiger partial charge in [-0.25, -0.2) is 9.37 Å². The molecule has 5 heterocycles. The van der Waals surface area contributed by atoms with E-state index in [1.165, 1.54) is 43.1 Å². The van der Waals surface area contributed by atoms with Gasteiger partial charge in [-0.1, -0.05) is 11.6 Å². The molecule has 11 heteroatoms. The van der Waals surface area contributed by atoms with Gasteiger partial charge in [0.05, 0.1) is 15.6 Å². The molecule has 0 radical (unpaired) electrons. The van der Waals surface area contributed by atoms with Crippen LogP contribution >= 0.6 is 22.9 Å². The fraction of sp³-hybridized carbons (Fsp3) is 0.444. The highest BCUT2D eigenvalue weighted by Gasteiger charge is 2.24. The van der Waals surface area contributed by atoms with E-state index >= 15 is 4.39 Å². The molecule has 0 aliphatic carbocycles. The smallest absolute Gasteiger partial charge is 0.258 e. The largest absolute Gasteiger partial charge is 0.366 e. The number of halogens is 2. The van der Waals surface area contributed by atoms with Crippen LogP contribution in [-0.2, 0) is 0 Å². The number of thiazole rings is 1. The number of benzene rings is 1. The summed E-state index contributed by atoms with van der Waals surface area (Å²) in [5.74, 6) is -0.984. The number of rotatable bonds is 8. The van der Waals surface area contributed by atoms with Crippen molar-refractivity contribution in [1.82, 2.24) is 24.5 Å². The first kappa shape index (κ1) is 25.5. The van der Waals surface area contributed by atoms with E-state index in [4.69, 9.17) is 11.6 Å². The quantitative estimate of drug-likeness (QED) is 0.339. The number of fused-ring (bicyclic) bond motifs is 5. The van der Waals surface area contributed by atoms with Crippen molar-refractivity contribution in [3.63, 3.8) is 0 Å². The molecule has 0 spiro atoms. The van der Waals surface area contributed by atoms with Crippen LogP contribution in [0.2, 0.25) is 5.02 Å². The molecule has 2 aliphatic rings. The predicted octanol–water partition coefficient (Wildman–Crippen LogP) is 4.19. The van der Waals surface area contributed by atoms with Gasteiger partial charge in [0.1, 0.15) is 10.4 Å². The molecule has 0 saturated carbocycles. The van der Waals surface area contributed by atoms with Crippen molar-refractivity contribution in [2.45, 2.75) is 25.7 Å². The van der Waals surface area contributed by atoms with Crippen molar-refractivity contribution in [3.8, 4) is 0 Å². The highest BCUT2D eigenvalue weighted by molar-refractivity contribution is 7.24. The van der Waals surface area contributed by atoms with E-state index in [-0.39, 0.29) is 16.8 Å². The zero-order valence-corrected chi connectivity index (χ0v) is 22.6. The SMILES string of the molecule is O=C(NCCN1CCCC1)c1c(=O)c2cc(F)c(NCCN3CCCC3)nc2n2c1sc1ccc(Cl)cc12. The Bertz CT molecular complexity index is 1580. The van der Waals surface area contributed by atoms with Crippen LogP contribution in [0.25, 0.3) is 26.1 Å². The maximum absolute atomic E-state index is 15.2. The van der Waals surface area contributed by atoms with Crippen LogP contribution < -0.4 is 16.1 Å². The number of pyridine rings is 2. The van der Waals surface area contributed by atoms with Crippen LogP contribution in [0.4, 0.5) is 10.2 Å². The predicted molar refractivity (Wildman–Crippen MR) is 151 cm³/mol. The van der Waals surface area contributed by atoms with Crippen LogP contribution in [0.15, 0.2) is 29.1 Å². The number of carbonyl (C=O) groups is 1. The summed E-state index contributed by atoms with van der Waals surface area (Å²) in [5.41, 5.74) is 0.506. The molecule has 2 aliphatic heterocycles. The summed E-state index contributed by atoms with van der Waals surface area (Å²) in [7, 11) is 0. The van der Waals surface area contributed by atoms with Gasteiger partial charge in [0.15, 0.2) is 17.3 Å². The topological polar surface area (TPSA) is 82.0 Å². The lowest BCUT2D eigenvalue weighted by Crippen LogP contribution is -2.35. The maximum atomic E-state index is 15.2. The van der Waals surface area contributed by atoms with Gasteiger partial charge in [0.25, 0.3) is 5.91 Å². The van der Waals surface area contributed by atoms with Crippen molar-refractivity contribution in [2.75, 3.05) is 57.7 Å². The molecule has 2 saturated heterocycles. The lowest BCUT2D eigenvalue weighted by molar-refractivity contribution is 0.0950. The fourth-order valence-corrected chi connectivity index (χ4v) is 6.85. The van der Waals surface area contributed by atoms with E-state index < -0.39 is 17.2 Å². The maximum Gasteiger partial charge on any atom is 0.258 e. The molecule has 0 bridgehead atoms. The van der Waals surface area contributed by atoms with Crippen LogP contribution in [0.5, 0.6) is 0 Å². The van der Waals surface area contributed by atoms with E-state index in [1.54, 1.807) is 16.5 Å². The number of hydrogen-bond acceptors (Lipinski definition) is 7. The Morgan fingerprint density at radius 1 is 1.03 bits per heavy atom. The number of amides is 1. The van der Waals surface area contributed by atoms with E-state index in [9.17, 15) is 9.59 Å². The van der Waals surface area contributed by atoms with Gasteiger partial charge in [-0.2, -0.15) is 0 Å². The van der Waals surface area contributed by atoms with Crippen molar-refractivity contribution < 1.29 is 9.18 Å². The Morgan fingerprint density at radius 3 is 2.42 bits per heavy atom. The van der Waals surface area contributed by atoms with Gasteiger partial charge in [0, 0.05) is 31.2 Å². The Balaban J connectivity index is 1.41. The summed E-state index contributed by atoms with van der Waals surface area (Å²) in [6, 6.07) is 6.61. The summed E-state index contributed by atoms with van der Waals surface area (Å²) in [4.78, 5) is 36.7. The van der Waals surface area contributed by atoms with Crippen molar-refractivity contribution in [3.05, 3.63) is 50.9 Å².